The molecule has 0 aliphatic heterocycles. The van der Waals surface area contributed by atoms with Gasteiger partial charge in [0.2, 0.25) is 8.32 Å². The molecular weight excluding hydrogens is 354 g/mol. The summed E-state index contributed by atoms with van der Waals surface area (Å²) in [5.74, 6) is 0.445. The maximum atomic E-state index is 6.14. The van der Waals surface area contributed by atoms with E-state index >= 15 is 0 Å². The lowest BCUT2D eigenvalue weighted by Crippen LogP contribution is -2.24. The molecule has 5 heteroatoms. The van der Waals surface area contributed by atoms with Gasteiger partial charge in [-0.05, 0) is 63.5 Å². The van der Waals surface area contributed by atoms with Crippen LogP contribution in [0.2, 0.25) is 24.7 Å². The first kappa shape index (κ1) is 18.8. The van der Waals surface area contributed by atoms with Crippen LogP contribution in [0.4, 0.5) is 0 Å². The average Bonchev–Trinajstić information content (AvgIpc) is 2.48. The van der Waals surface area contributed by atoms with Crippen LogP contribution < -0.4 is 0 Å². The fourth-order valence-electron chi connectivity index (χ4n) is 1.97. The molecule has 126 valence electrons. The third kappa shape index (κ3) is 6.19. The predicted octanol–water partition coefficient (Wildman–Crippen LogP) is 6.54. The van der Waals surface area contributed by atoms with Crippen molar-refractivity contribution in [3.05, 3.63) is 71.1 Å². The van der Waals surface area contributed by atoms with E-state index in [1.807, 2.05) is 18.2 Å². The largest absolute Gasteiger partial charge is 0.532 e. The van der Waals surface area contributed by atoms with Crippen molar-refractivity contribution in [2.45, 2.75) is 36.4 Å². The summed E-state index contributed by atoms with van der Waals surface area (Å²) in [7, 11) is -1.69. The summed E-state index contributed by atoms with van der Waals surface area (Å²) in [6.45, 7) is 12.3. The summed E-state index contributed by atoms with van der Waals surface area (Å²) >= 11 is 7.83. The second-order valence-corrected chi connectivity index (χ2v) is 12.4. The molecule has 0 saturated heterocycles. The monoisotopic (exact) mass is 375 g/mol. The van der Waals surface area contributed by atoms with E-state index in [4.69, 9.17) is 16.0 Å². The smallest absolute Gasteiger partial charge is 0.244 e. The molecule has 0 fully saturated rings. The van der Waals surface area contributed by atoms with Gasteiger partial charge in [-0.2, -0.15) is 0 Å². The van der Waals surface area contributed by atoms with Crippen molar-refractivity contribution in [3.8, 4) is 0 Å². The Kier molecular flexibility index (Phi) is 6.32. The average molecular weight is 376 g/mol. The molecule has 2 rings (SSSR count). The van der Waals surface area contributed by atoms with Crippen LogP contribution in [0.5, 0.6) is 0 Å². The quantitative estimate of drug-likeness (QED) is 0.324. The Morgan fingerprint density at radius 1 is 1.17 bits per heavy atom. The van der Waals surface area contributed by atoms with E-state index in [9.17, 15) is 0 Å². The number of nitrogens with zero attached hydrogens (tertiary/aromatic N) is 1. The Hall–Kier alpha value is -1.49. The summed E-state index contributed by atoms with van der Waals surface area (Å²) in [6, 6.07) is 14.2. The number of halogens is 1. The van der Waals surface area contributed by atoms with Gasteiger partial charge in [0.05, 0.1) is 0 Å². The zero-order chi connectivity index (χ0) is 17.7. The number of aliphatic imine (C=N–C) groups is 1. The van der Waals surface area contributed by atoms with Crippen LogP contribution in [-0.2, 0) is 4.43 Å². The van der Waals surface area contributed by atoms with Crippen LogP contribution in [0.25, 0.3) is 0 Å². The lowest BCUT2D eigenvalue weighted by Gasteiger charge is -2.18. The van der Waals surface area contributed by atoms with Crippen LogP contribution >= 0.6 is 23.4 Å². The first-order valence-electron chi connectivity index (χ1n) is 7.69. The molecule has 0 amide bonds. The minimum absolute atomic E-state index is 0.445. The van der Waals surface area contributed by atoms with Crippen LogP contribution in [-0.4, -0.2) is 14.5 Å². The molecule has 0 saturated carbocycles. The highest BCUT2D eigenvalue weighted by molar-refractivity contribution is 7.99. The maximum absolute atomic E-state index is 6.14. The van der Waals surface area contributed by atoms with Gasteiger partial charge in [-0.15, -0.1) is 0 Å². The fourth-order valence-corrected chi connectivity index (χ4v) is 3.80. The zero-order valence-corrected chi connectivity index (χ0v) is 17.0. The van der Waals surface area contributed by atoms with Crippen molar-refractivity contribution in [3.63, 3.8) is 0 Å². The molecule has 2 aromatic rings. The van der Waals surface area contributed by atoms with Crippen molar-refractivity contribution in [2.75, 3.05) is 0 Å². The first-order valence-corrected chi connectivity index (χ1v) is 12.3. The molecule has 0 atom stereocenters. The molecule has 0 unspecified atom stereocenters. The minimum Gasteiger partial charge on any atom is -0.532 e. The molecule has 2 nitrogen and oxygen atoms in total. The predicted molar refractivity (Wildman–Crippen MR) is 108 cm³/mol. The molecule has 0 aromatic heterocycles. The van der Waals surface area contributed by atoms with Crippen molar-refractivity contribution in [1.82, 2.24) is 0 Å². The summed E-state index contributed by atoms with van der Waals surface area (Å²) in [4.78, 5) is 6.62. The van der Waals surface area contributed by atoms with Crippen molar-refractivity contribution < 1.29 is 4.43 Å². The summed E-state index contributed by atoms with van der Waals surface area (Å²) < 4.78 is 5.77. The third-order valence-corrected chi connectivity index (χ3v) is 5.17. The van der Waals surface area contributed by atoms with Gasteiger partial charge in [0.1, 0.15) is 0 Å². The number of aryl methyl sites for hydroxylation is 1. The number of hydrogen-bond donors (Lipinski definition) is 0. The van der Waals surface area contributed by atoms with E-state index in [1.165, 1.54) is 10.5 Å². The summed E-state index contributed by atoms with van der Waals surface area (Å²) in [5.41, 5.74) is 2.20. The molecular formula is C19H22ClNOSSi. The van der Waals surface area contributed by atoms with Crippen molar-refractivity contribution in [2.24, 2.45) is 4.99 Å². The zero-order valence-electron chi connectivity index (χ0n) is 14.5. The summed E-state index contributed by atoms with van der Waals surface area (Å²) in [6.07, 6.45) is 1.77. The van der Waals surface area contributed by atoms with Crippen LogP contribution in [0, 0.1) is 6.92 Å². The highest BCUT2D eigenvalue weighted by Crippen LogP contribution is 2.31. The van der Waals surface area contributed by atoms with E-state index in [0.717, 1.165) is 10.5 Å². The van der Waals surface area contributed by atoms with Gasteiger partial charge in [-0.3, -0.25) is 0 Å². The van der Waals surface area contributed by atoms with Gasteiger partial charge in [-0.25, -0.2) is 4.99 Å². The first-order chi connectivity index (χ1) is 11.2. The minimum atomic E-state index is -1.69. The van der Waals surface area contributed by atoms with E-state index in [1.54, 1.807) is 18.0 Å². The normalized spacial score (nSPS) is 11.7. The standard InChI is InChI=1S/C19H22ClNOSSi/c1-14-6-9-18(10-7-14)23-19-11-8-17(20)12-16(19)13-21-15(2)22-24(3,4)5/h6-13H,2H2,1,3-5H3. The van der Waals surface area contributed by atoms with Gasteiger partial charge >= 0.3 is 0 Å². The van der Waals surface area contributed by atoms with Gasteiger partial charge in [-0.1, -0.05) is 41.1 Å². The lowest BCUT2D eigenvalue weighted by atomic mass is 10.2. The molecule has 0 spiro atoms. The Morgan fingerprint density at radius 2 is 1.83 bits per heavy atom. The van der Waals surface area contributed by atoms with Gasteiger partial charge in [0, 0.05) is 26.6 Å². The van der Waals surface area contributed by atoms with E-state index < -0.39 is 8.32 Å². The van der Waals surface area contributed by atoms with Crippen LogP contribution in [0.15, 0.2) is 69.7 Å². The maximum Gasteiger partial charge on any atom is 0.244 e. The Morgan fingerprint density at radius 3 is 2.46 bits per heavy atom. The molecule has 0 heterocycles. The van der Waals surface area contributed by atoms with Gasteiger partial charge in [0.25, 0.3) is 0 Å². The Labute approximate surface area is 154 Å². The number of rotatable bonds is 6. The molecule has 0 N–H and O–H groups in total. The molecule has 0 bridgehead atoms. The topological polar surface area (TPSA) is 21.6 Å². The summed E-state index contributed by atoms with van der Waals surface area (Å²) in [5, 5.41) is 0.682. The third-order valence-electron chi connectivity index (χ3n) is 2.99. The van der Waals surface area contributed by atoms with Gasteiger partial charge in [0.15, 0.2) is 5.88 Å². The lowest BCUT2D eigenvalue weighted by molar-refractivity contribution is 0.421. The highest BCUT2D eigenvalue weighted by atomic mass is 35.5. The van der Waals surface area contributed by atoms with Crippen molar-refractivity contribution >= 4 is 37.9 Å². The highest BCUT2D eigenvalue weighted by Gasteiger charge is 2.16. The van der Waals surface area contributed by atoms with Gasteiger partial charge < -0.3 is 4.43 Å². The Bertz CT molecular complexity index is 751. The van der Waals surface area contributed by atoms with E-state index in [-0.39, 0.29) is 0 Å². The van der Waals surface area contributed by atoms with E-state index in [0.29, 0.717) is 10.9 Å². The Balaban J connectivity index is 2.21. The fraction of sp³-hybridized carbons (Fsp3) is 0.211. The second-order valence-electron chi connectivity index (χ2n) is 6.46. The van der Waals surface area contributed by atoms with E-state index in [2.05, 4.69) is 62.4 Å². The van der Waals surface area contributed by atoms with Crippen LogP contribution in [0.1, 0.15) is 11.1 Å². The number of benzene rings is 2. The molecule has 0 aliphatic carbocycles. The van der Waals surface area contributed by atoms with Crippen molar-refractivity contribution in [1.29, 1.82) is 0 Å². The molecule has 24 heavy (non-hydrogen) atoms. The molecule has 0 aliphatic rings. The second kappa shape index (κ2) is 8.06. The SMILES string of the molecule is C=C(N=Cc1cc(Cl)ccc1Sc1ccc(C)cc1)O[Si](C)(C)C. The number of hydrogen-bond acceptors (Lipinski definition) is 3. The van der Waals surface area contributed by atoms with Crippen LogP contribution in [0.3, 0.4) is 0 Å². The molecule has 0 radical (unpaired) electrons. The molecule has 2 aromatic carbocycles.